The maximum Gasteiger partial charge on any atom is 0.305 e. The molecule has 0 fully saturated rings. The van der Waals surface area contributed by atoms with Gasteiger partial charge in [0.25, 0.3) is 0 Å². The molecule has 522 valence electrons. The average molecular weight is 1240 g/mol. The SMILES string of the molecule is CCCCCCCCC/C=C\CCCCCCCC(=O)OCCCCCCCCCCCCCCCCCC/C=C\CCCCCCCCCCCCCCCCCCCC(=O)NC(CO)C(O)CCCCCCCCCCCCCCCCCCCC. The lowest BCUT2D eigenvalue weighted by molar-refractivity contribution is -0.143. The molecule has 0 saturated heterocycles. The van der Waals surface area contributed by atoms with Gasteiger partial charge in [-0.1, -0.05) is 398 Å². The van der Waals surface area contributed by atoms with E-state index in [1.165, 1.54) is 385 Å². The van der Waals surface area contributed by atoms with Crippen molar-refractivity contribution in [2.45, 2.75) is 475 Å². The Morgan fingerprint density at radius 2 is 0.534 bits per heavy atom. The lowest BCUT2D eigenvalue weighted by atomic mass is 10.0. The standard InChI is InChI=1S/C82H159NO5/c1-3-5-7-9-11-13-15-17-19-21-43-46-50-54-58-62-66-70-74-80(85)79(78-84)83-81(86)75-71-67-63-59-55-51-47-44-41-39-37-35-33-31-29-27-25-23-22-24-26-28-30-32-34-36-38-40-42-45-49-53-57-61-65-69-73-77-88-82(87)76-72-68-64-60-56-52-48-20-18-16-14-12-10-8-6-4-2/h20,22,24,48,79-80,84-85H,3-19,21,23,25-47,49-78H2,1-2H3,(H,83,86)/b24-22-,48-20-. The smallest absolute Gasteiger partial charge is 0.305 e. The van der Waals surface area contributed by atoms with Gasteiger partial charge in [0.1, 0.15) is 0 Å². The van der Waals surface area contributed by atoms with Crippen LogP contribution in [0.25, 0.3) is 0 Å². The minimum Gasteiger partial charge on any atom is -0.466 e. The second kappa shape index (κ2) is 77.8. The summed E-state index contributed by atoms with van der Waals surface area (Å²) in [6.45, 7) is 5.00. The fourth-order valence-corrected chi connectivity index (χ4v) is 13.0. The van der Waals surface area contributed by atoms with E-state index in [0.29, 0.717) is 25.9 Å². The van der Waals surface area contributed by atoms with E-state index < -0.39 is 12.1 Å². The van der Waals surface area contributed by atoms with Crippen LogP contribution in [-0.4, -0.2) is 47.4 Å². The van der Waals surface area contributed by atoms with Crippen LogP contribution < -0.4 is 5.32 Å². The van der Waals surface area contributed by atoms with E-state index in [1.807, 2.05) is 0 Å². The first kappa shape index (κ1) is 86.3. The van der Waals surface area contributed by atoms with Crippen molar-refractivity contribution in [3.63, 3.8) is 0 Å². The highest BCUT2D eigenvalue weighted by Crippen LogP contribution is 2.20. The molecule has 0 heterocycles. The van der Waals surface area contributed by atoms with Gasteiger partial charge in [-0.05, 0) is 77.0 Å². The second-order valence-corrected chi connectivity index (χ2v) is 28.1. The lowest BCUT2D eigenvalue weighted by Crippen LogP contribution is -2.45. The van der Waals surface area contributed by atoms with E-state index in [1.54, 1.807) is 0 Å². The van der Waals surface area contributed by atoms with Gasteiger partial charge in [-0.25, -0.2) is 0 Å². The van der Waals surface area contributed by atoms with Crippen LogP contribution >= 0.6 is 0 Å². The number of rotatable bonds is 77. The van der Waals surface area contributed by atoms with E-state index in [2.05, 4.69) is 43.5 Å². The molecule has 0 spiro atoms. The number of carbonyl (C=O) groups is 2. The number of aliphatic hydroxyl groups excluding tert-OH is 2. The van der Waals surface area contributed by atoms with Crippen molar-refractivity contribution in [1.29, 1.82) is 0 Å². The number of hydrogen-bond acceptors (Lipinski definition) is 5. The van der Waals surface area contributed by atoms with Gasteiger partial charge in [0.2, 0.25) is 5.91 Å². The fraction of sp³-hybridized carbons (Fsp3) is 0.927. The molecule has 6 heteroatoms. The molecule has 0 rings (SSSR count). The van der Waals surface area contributed by atoms with Crippen molar-refractivity contribution in [1.82, 2.24) is 5.32 Å². The van der Waals surface area contributed by atoms with Crippen LogP contribution in [0.4, 0.5) is 0 Å². The first-order chi connectivity index (χ1) is 43.5. The molecule has 0 aliphatic carbocycles. The number of aliphatic hydroxyl groups is 2. The summed E-state index contributed by atoms with van der Waals surface area (Å²) in [5.41, 5.74) is 0. The van der Waals surface area contributed by atoms with E-state index in [4.69, 9.17) is 4.74 Å². The molecule has 0 aromatic heterocycles. The highest BCUT2D eigenvalue weighted by Gasteiger charge is 2.20. The number of unbranched alkanes of at least 4 members (excludes halogenated alkanes) is 62. The molecule has 6 nitrogen and oxygen atoms in total. The molecular formula is C82H159NO5. The molecule has 0 radical (unpaired) electrons. The summed E-state index contributed by atoms with van der Waals surface area (Å²) in [6.07, 6.45) is 100.0. The molecule has 2 atom stereocenters. The third kappa shape index (κ3) is 73.4. The van der Waals surface area contributed by atoms with Gasteiger partial charge in [-0.2, -0.15) is 0 Å². The third-order valence-electron chi connectivity index (χ3n) is 19.2. The monoisotopic (exact) mass is 1240 g/mol. The average Bonchev–Trinajstić information content (AvgIpc) is 3.58. The van der Waals surface area contributed by atoms with Gasteiger partial charge >= 0.3 is 5.97 Å². The van der Waals surface area contributed by atoms with Gasteiger partial charge in [0.05, 0.1) is 25.4 Å². The van der Waals surface area contributed by atoms with Crippen molar-refractivity contribution in [2.75, 3.05) is 13.2 Å². The number of esters is 1. The second-order valence-electron chi connectivity index (χ2n) is 28.1. The quantitative estimate of drug-likeness (QED) is 0.0320. The minimum atomic E-state index is -0.662. The molecule has 0 bridgehead atoms. The highest BCUT2D eigenvalue weighted by molar-refractivity contribution is 5.76. The highest BCUT2D eigenvalue weighted by atomic mass is 16.5. The van der Waals surface area contributed by atoms with Crippen molar-refractivity contribution in [3.8, 4) is 0 Å². The Bertz CT molecular complexity index is 1380. The van der Waals surface area contributed by atoms with E-state index >= 15 is 0 Å². The van der Waals surface area contributed by atoms with Crippen LogP contribution in [0.2, 0.25) is 0 Å². The predicted molar refractivity (Wildman–Crippen MR) is 389 cm³/mol. The topological polar surface area (TPSA) is 95.9 Å². The van der Waals surface area contributed by atoms with Crippen molar-refractivity contribution < 1.29 is 24.5 Å². The summed E-state index contributed by atoms with van der Waals surface area (Å²) >= 11 is 0. The maximum absolute atomic E-state index is 12.5. The van der Waals surface area contributed by atoms with Crippen LogP contribution in [0.5, 0.6) is 0 Å². The Morgan fingerprint density at radius 1 is 0.307 bits per heavy atom. The predicted octanol–water partition coefficient (Wildman–Crippen LogP) is 26.8. The van der Waals surface area contributed by atoms with Crippen molar-refractivity contribution in [3.05, 3.63) is 24.3 Å². The van der Waals surface area contributed by atoms with Gasteiger partial charge in [-0.15, -0.1) is 0 Å². The van der Waals surface area contributed by atoms with Crippen molar-refractivity contribution >= 4 is 11.9 Å². The van der Waals surface area contributed by atoms with Gasteiger partial charge in [0.15, 0.2) is 0 Å². The summed E-state index contributed by atoms with van der Waals surface area (Å²) in [5.74, 6) is -0.0113. The summed E-state index contributed by atoms with van der Waals surface area (Å²) in [4.78, 5) is 24.6. The number of nitrogens with one attached hydrogen (secondary N) is 1. The zero-order valence-electron chi connectivity index (χ0n) is 60.0. The van der Waals surface area contributed by atoms with Crippen molar-refractivity contribution in [2.24, 2.45) is 0 Å². The Morgan fingerprint density at radius 3 is 0.807 bits per heavy atom. The van der Waals surface area contributed by atoms with Gasteiger partial charge < -0.3 is 20.3 Å². The first-order valence-electron chi connectivity index (χ1n) is 40.6. The molecule has 0 aromatic carbocycles. The van der Waals surface area contributed by atoms with Gasteiger partial charge in [0, 0.05) is 12.8 Å². The Labute approximate surface area is 551 Å². The molecule has 2 unspecified atom stereocenters. The number of carbonyl (C=O) groups excluding carboxylic acids is 2. The number of hydrogen-bond donors (Lipinski definition) is 3. The van der Waals surface area contributed by atoms with Crippen LogP contribution in [0.3, 0.4) is 0 Å². The number of allylic oxidation sites excluding steroid dienone is 4. The summed E-state index contributed by atoms with van der Waals surface area (Å²) in [7, 11) is 0. The normalized spacial score (nSPS) is 12.5. The summed E-state index contributed by atoms with van der Waals surface area (Å²) < 4.78 is 5.50. The molecular weight excluding hydrogens is 1080 g/mol. The molecule has 88 heavy (non-hydrogen) atoms. The van der Waals surface area contributed by atoms with Gasteiger partial charge in [-0.3, -0.25) is 9.59 Å². The summed E-state index contributed by atoms with van der Waals surface area (Å²) in [5, 5.41) is 23.4. The van der Waals surface area contributed by atoms with Crippen LogP contribution in [0.15, 0.2) is 24.3 Å². The van der Waals surface area contributed by atoms with E-state index in [-0.39, 0.29) is 18.5 Å². The first-order valence-corrected chi connectivity index (χ1v) is 40.6. The Kier molecular flexibility index (Phi) is 76.3. The largest absolute Gasteiger partial charge is 0.466 e. The van der Waals surface area contributed by atoms with Crippen LogP contribution in [0.1, 0.15) is 463 Å². The van der Waals surface area contributed by atoms with Crippen LogP contribution in [0, 0.1) is 0 Å². The Hall–Kier alpha value is -1.66. The molecule has 3 N–H and O–H groups in total. The van der Waals surface area contributed by atoms with E-state index in [0.717, 1.165) is 44.9 Å². The molecule has 1 amide bonds. The zero-order chi connectivity index (χ0) is 63.5. The minimum absolute atomic E-state index is 0.0150. The molecule has 0 saturated carbocycles. The number of amides is 1. The lowest BCUT2D eigenvalue weighted by Gasteiger charge is -2.22. The molecule has 0 aromatic rings. The fourth-order valence-electron chi connectivity index (χ4n) is 13.0. The van der Waals surface area contributed by atoms with E-state index in [9.17, 15) is 19.8 Å². The van der Waals surface area contributed by atoms with Crippen LogP contribution in [-0.2, 0) is 14.3 Å². The Balaban J connectivity index is 3.32. The summed E-state index contributed by atoms with van der Waals surface area (Å²) in [6, 6.07) is -0.539. The molecule has 0 aliphatic heterocycles. The molecule has 0 aliphatic rings. The maximum atomic E-state index is 12.5. The zero-order valence-corrected chi connectivity index (χ0v) is 60.0. The number of ether oxygens (including phenoxy) is 1. The third-order valence-corrected chi connectivity index (χ3v) is 19.2.